The number of benzene rings is 1. The van der Waals surface area contributed by atoms with Crippen molar-refractivity contribution in [2.45, 2.75) is 25.8 Å². The second kappa shape index (κ2) is 4.19. The van der Waals surface area contributed by atoms with E-state index in [0.29, 0.717) is 17.2 Å². The van der Waals surface area contributed by atoms with Crippen molar-refractivity contribution in [1.29, 1.82) is 0 Å². The van der Waals surface area contributed by atoms with Crippen molar-refractivity contribution in [3.63, 3.8) is 0 Å². The second-order valence-electron chi connectivity index (χ2n) is 4.93. The fourth-order valence-corrected chi connectivity index (χ4v) is 2.39. The third-order valence-corrected chi connectivity index (χ3v) is 3.63. The van der Waals surface area contributed by atoms with Gasteiger partial charge in [0, 0.05) is 23.1 Å². The van der Waals surface area contributed by atoms with E-state index in [1.165, 1.54) is 12.1 Å². The largest absolute Gasteiger partial charge is 0.383 e. The molecule has 0 bridgehead atoms. The van der Waals surface area contributed by atoms with Crippen molar-refractivity contribution in [3.05, 3.63) is 35.6 Å². The lowest BCUT2D eigenvalue weighted by Gasteiger charge is -2.09. The van der Waals surface area contributed by atoms with Gasteiger partial charge in [0.2, 0.25) is 0 Å². The lowest BCUT2D eigenvalue weighted by atomic mass is 10.00. The minimum absolute atomic E-state index is 0.273. The summed E-state index contributed by atoms with van der Waals surface area (Å²) in [7, 11) is 0. The molecule has 0 radical (unpaired) electrons. The van der Waals surface area contributed by atoms with Crippen molar-refractivity contribution in [2.75, 3.05) is 11.1 Å². The van der Waals surface area contributed by atoms with Crippen molar-refractivity contribution in [1.82, 2.24) is 9.97 Å². The summed E-state index contributed by atoms with van der Waals surface area (Å²) in [4.78, 5) is 8.76. The molecule has 1 aromatic heterocycles. The van der Waals surface area contributed by atoms with Gasteiger partial charge < -0.3 is 11.1 Å². The highest BCUT2D eigenvalue weighted by Crippen LogP contribution is 2.38. The van der Waals surface area contributed by atoms with E-state index < -0.39 is 0 Å². The SMILES string of the molecule is CC1Nc2nc(-c3cccc(F)c3)nc(N)c2C1C. The second-order valence-corrected chi connectivity index (χ2v) is 4.93. The summed E-state index contributed by atoms with van der Waals surface area (Å²) in [6.45, 7) is 4.17. The van der Waals surface area contributed by atoms with E-state index in [9.17, 15) is 4.39 Å². The Morgan fingerprint density at radius 2 is 2.05 bits per heavy atom. The van der Waals surface area contributed by atoms with Gasteiger partial charge in [-0.05, 0) is 19.1 Å². The van der Waals surface area contributed by atoms with Crippen LogP contribution in [0.3, 0.4) is 0 Å². The first-order valence-electron chi connectivity index (χ1n) is 6.26. The van der Waals surface area contributed by atoms with Crippen LogP contribution < -0.4 is 11.1 Å². The number of hydrogen-bond acceptors (Lipinski definition) is 4. The molecule has 0 spiro atoms. The van der Waals surface area contributed by atoms with Crippen molar-refractivity contribution < 1.29 is 4.39 Å². The Kier molecular flexibility index (Phi) is 2.62. The predicted octanol–water partition coefficient (Wildman–Crippen LogP) is 2.78. The number of hydrogen-bond donors (Lipinski definition) is 2. The number of fused-ring (bicyclic) bond motifs is 1. The van der Waals surface area contributed by atoms with E-state index in [-0.39, 0.29) is 17.8 Å². The van der Waals surface area contributed by atoms with Crippen LogP contribution in [0.15, 0.2) is 24.3 Å². The molecular formula is C14H15FN4. The zero-order valence-corrected chi connectivity index (χ0v) is 10.8. The zero-order valence-electron chi connectivity index (χ0n) is 10.8. The Morgan fingerprint density at radius 3 is 2.79 bits per heavy atom. The number of anilines is 2. The van der Waals surface area contributed by atoms with Crippen LogP contribution >= 0.6 is 0 Å². The molecule has 2 unspecified atom stereocenters. The number of nitrogens with one attached hydrogen (secondary N) is 1. The predicted molar refractivity (Wildman–Crippen MR) is 73.3 cm³/mol. The van der Waals surface area contributed by atoms with Gasteiger partial charge in [0.1, 0.15) is 17.5 Å². The highest BCUT2D eigenvalue weighted by molar-refractivity contribution is 5.68. The summed E-state index contributed by atoms with van der Waals surface area (Å²) in [5, 5.41) is 3.29. The molecular weight excluding hydrogens is 243 g/mol. The standard InChI is InChI=1S/C14H15FN4/c1-7-8(2)17-14-11(7)12(16)18-13(19-14)9-4-3-5-10(15)6-9/h3-8H,1-2H3,(H3,16,17,18,19). The Labute approximate surface area is 110 Å². The molecule has 5 heteroatoms. The first-order chi connectivity index (χ1) is 9.06. The van der Waals surface area contributed by atoms with Crippen molar-refractivity contribution >= 4 is 11.6 Å². The number of nitrogens with zero attached hydrogens (tertiary/aromatic N) is 2. The van der Waals surface area contributed by atoms with Crippen molar-refractivity contribution in [2.24, 2.45) is 0 Å². The molecule has 1 aromatic carbocycles. The molecule has 1 aliphatic heterocycles. The zero-order chi connectivity index (χ0) is 13.6. The molecule has 0 saturated heterocycles. The van der Waals surface area contributed by atoms with E-state index in [2.05, 4.69) is 29.1 Å². The molecule has 0 amide bonds. The summed E-state index contributed by atoms with van der Waals surface area (Å²) in [6.07, 6.45) is 0. The average molecular weight is 258 g/mol. The topological polar surface area (TPSA) is 63.8 Å². The molecule has 0 fully saturated rings. The summed E-state index contributed by atoms with van der Waals surface area (Å²) < 4.78 is 13.2. The van der Waals surface area contributed by atoms with E-state index in [0.717, 1.165) is 11.4 Å². The molecule has 0 aliphatic carbocycles. The Hall–Kier alpha value is -2.17. The summed E-state index contributed by atoms with van der Waals surface area (Å²) in [5.41, 5.74) is 7.60. The number of aromatic nitrogens is 2. The van der Waals surface area contributed by atoms with Gasteiger partial charge in [-0.3, -0.25) is 0 Å². The van der Waals surface area contributed by atoms with Gasteiger partial charge in [0.25, 0.3) is 0 Å². The maximum atomic E-state index is 13.2. The smallest absolute Gasteiger partial charge is 0.163 e. The van der Waals surface area contributed by atoms with Crippen LogP contribution in [-0.4, -0.2) is 16.0 Å². The van der Waals surface area contributed by atoms with E-state index >= 15 is 0 Å². The van der Waals surface area contributed by atoms with Crippen LogP contribution in [0.5, 0.6) is 0 Å². The van der Waals surface area contributed by atoms with Crippen LogP contribution in [0.2, 0.25) is 0 Å². The number of nitrogens with two attached hydrogens (primary N) is 1. The lowest BCUT2D eigenvalue weighted by Crippen LogP contribution is -2.13. The number of halogens is 1. The Balaban J connectivity index is 2.12. The van der Waals surface area contributed by atoms with Gasteiger partial charge in [-0.15, -0.1) is 0 Å². The molecule has 3 rings (SSSR count). The Morgan fingerprint density at radius 1 is 1.26 bits per heavy atom. The molecule has 0 saturated carbocycles. The summed E-state index contributed by atoms with van der Waals surface area (Å²) >= 11 is 0. The molecule has 2 heterocycles. The Bertz CT molecular complexity index is 641. The maximum absolute atomic E-state index is 13.2. The van der Waals surface area contributed by atoms with E-state index in [1.54, 1.807) is 12.1 Å². The van der Waals surface area contributed by atoms with Crippen LogP contribution in [0, 0.1) is 5.82 Å². The first-order valence-corrected chi connectivity index (χ1v) is 6.26. The quantitative estimate of drug-likeness (QED) is 0.825. The number of nitrogen functional groups attached to an aromatic ring is 1. The highest BCUT2D eigenvalue weighted by Gasteiger charge is 2.30. The highest BCUT2D eigenvalue weighted by atomic mass is 19.1. The molecule has 3 N–H and O–H groups in total. The first kappa shape index (κ1) is 11.9. The summed E-state index contributed by atoms with van der Waals surface area (Å²) in [5.74, 6) is 1.64. The molecule has 2 aromatic rings. The van der Waals surface area contributed by atoms with Crippen LogP contribution in [0.4, 0.5) is 16.0 Å². The monoisotopic (exact) mass is 258 g/mol. The number of rotatable bonds is 1. The van der Waals surface area contributed by atoms with Crippen LogP contribution in [0.25, 0.3) is 11.4 Å². The minimum Gasteiger partial charge on any atom is -0.383 e. The van der Waals surface area contributed by atoms with Crippen LogP contribution in [0.1, 0.15) is 25.3 Å². The fraction of sp³-hybridized carbons (Fsp3) is 0.286. The van der Waals surface area contributed by atoms with E-state index in [4.69, 9.17) is 5.73 Å². The van der Waals surface area contributed by atoms with Gasteiger partial charge >= 0.3 is 0 Å². The third kappa shape index (κ3) is 1.91. The average Bonchev–Trinajstić information content (AvgIpc) is 2.65. The van der Waals surface area contributed by atoms with Crippen molar-refractivity contribution in [3.8, 4) is 11.4 Å². The van der Waals surface area contributed by atoms with Crippen LogP contribution in [-0.2, 0) is 0 Å². The van der Waals surface area contributed by atoms with Gasteiger partial charge in [-0.2, -0.15) is 0 Å². The lowest BCUT2D eigenvalue weighted by molar-refractivity contribution is 0.628. The summed E-state index contributed by atoms with van der Waals surface area (Å²) in [6, 6.07) is 6.47. The van der Waals surface area contributed by atoms with E-state index in [1.807, 2.05) is 0 Å². The fourth-order valence-electron chi connectivity index (χ4n) is 2.39. The third-order valence-electron chi connectivity index (χ3n) is 3.63. The molecule has 1 aliphatic rings. The van der Waals surface area contributed by atoms with Gasteiger partial charge in [-0.25, -0.2) is 14.4 Å². The molecule has 19 heavy (non-hydrogen) atoms. The molecule has 98 valence electrons. The normalized spacial score (nSPS) is 21.0. The van der Waals surface area contributed by atoms with Gasteiger partial charge in [-0.1, -0.05) is 19.1 Å². The molecule has 2 atom stereocenters. The molecule has 4 nitrogen and oxygen atoms in total. The van der Waals surface area contributed by atoms with Gasteiger partial charge in [0.05, 0.1) is 0 Å². The minimum atomic E-state index is -0.310. The van der Waals surface area contributed by atoms with Gasteiger partial charge in [0.15, 0.2) is 5.82 Å². The maximum Gasteiger partial charge on any atom is 0.163 e.